The molecule has 0 fully saturated rings. The highest BCUT2D eigenvalue weighted by Crippen LogP contribution is 2.43. The van der Waals surface area contributed by atoms with Gasteiger partial charge in [0.05, 0.1) is 13.2 Å². The van der Waals surface area contributed by atoms with Crippen molar-refractivity contribution < 1.29 is 37.6 Å². The fourth-order valence-corrected chi connectivity index (χ4v) is 10.5. The molecule has 474 valence electrons. The average Bonchev–Trinajstić information content (AvgIpc) is 3.48. The predicted octanol–water partition coefficient (Wildman–Crippen LogP) is 22.4. The highest BCUT2D eigenvalue weighted by atomic mass is 31.2. The summed E-state index contributed by atoms with van der Waals surface area (Å²) in [5.41, 5.74) is 5.40. The van der Waals surface area contributed by atoms with E-state index in [9.17, 15) is 19.0 Å². The quantitative estimate of drug-likeness (QED) is 0.0264. The lowest BCUT2D eigenvalue weighted by atomic mass is 10.0. The van der Waals surface area contributed by atoms with Gasteiger partial charge in [0.1, 0.15) is 6.61 Å². The van der Waals surface area contributed by atoms with Gasteiger partial charge in [-0.1, -0.05) is 323 Å². The zero-order valence-electron chi connectivity index (χ0n) is 53.2. The van der Waals surface area contributed by atoms with E-state index >= 15 is 0 Å². The molecule has 0 saturated heterocycles. The van der Waals surface area contributed by atoms with Gasteiger partial charge in [0.15, 0.2) is 6.10 Å². The van der Waals surface area contributed by atoms with E-state index in [1.165, 1.54) is 173 Å². The van der Waals surface area contributed by atoms with Crippen LogP contribution >= 0.6 is 7.82 Å². The number of carbonyl (C=O) groups is 2. The largest absolute Gasteiger partial charge is 0.472 e. The Morgan fingerprint density at radius 3 is 1.00 bits per heavy atom. The lowest BCUT2D eigenvalue weighted by molar-refractivity contribution is -0.161. The van der Waals surface area contributed by atoms with E-state index in [1.54, 1.807) is 0 Å². The molecule has 0 bridgehead atoms. The second-order valence-corrected chi connectivity index (χ2v) is 24.1. The van der Waals surface area contributed by atoms with Crippen molar-refractivity contribution in [3.8, 4) is 0 Å². The number of allylic oxidation sites excluding steroid dienone is 16. The fourth-order valence-electron chi connectivity index (χ4n) is 9.71. The van der Waals surface area contributed by atoms with Gasteiger partial charge in [-0.05, 0) is 77.0 Å². The van der Waals surface area contributed by atoms with Gasteiger partial charge in [-0.3, -0.25) is 18.6 Å². The Balaban J connectivity index is 3.94. The minimum absolute atomic E-state index is 0.0474. The van der Waals surface area contributed by atoms with E-state index < -0.39 is 26.5 Å². The molecule has 2 atom stereocenters. The van der Waals surface area contributed by atoms with E-state index in [0.29, 0.717) is 6.42 Å². The first-order chi connectivity index (χ1) is 40.3. The number of phosphoric ester groups is 1. The van der Waals surface area contributed by atoms with E-state index in [4.69, 9.17) is 24.3 Å². The van der Waals surface area contributed by atoms with Crippen LogP contribution in [-0.4, -0.2) is 49.3 Å². The Hall–Kier alpha value is -3.07. The van der Waals surface area contributed by atoms with Gasteiger partial charge in [0, 0.05) is 19.4 Å². The van der Waals surface area contributed by atoms with Crippen LogP contribution in [0.2, 0.25) is 0 Å². The molecule has 0 aliphatic rings. The Morgan fingerprint density at radius 2 is 0.671 bits per heavy atom. The SMILES string of the molecule is CC/C=C\C/C=C\C/C=C\C/C=C\C/C=C\C/C=C\C/C=C\C/C=C\CCCCCCCCC(=O)OC(COC(=O)CCCCCCCCCCCCCCCCCCCCCCCCCCCCCCCC)COP(=O)(O)OCCN. The number of hydrogen-bond donors (Lipinski definition) is 2. The third-order valence-corrected chi connectivity index (χ3v) is 15.7. The maximum absolute atomic E-state index is 12.8. The number of carbonyl (C=O) groups excluding carboxylic acids is 2. The summed E-state index contributed by atoms with van der Waals surface area (Å²) in [7, 11) is -4.40. The minimum Gasteiger partial charge on any atom is -0.462 e. The molecule has 0 amide bonds. The molecule has 0 rings (SSSR count). The Kier molecular flexibility index (Phi) is 64.6. The molecule has 82 heavy (non-hydrogen) atoms. The van der Waals surface area contributed by atoms with Gasteiger partial charge in [-0.25, -0.2) is 4.57 Å². The standard InChI is InChI=1S/C72H128NO8P/c1-3-5-7-9-11-13-15-17-19-21-23-25-27-29-31-33-35-37-39-41-43-45-47-49-51-53-55-57-59-61-63-65-72(75)81-70(69-80-82(76,77)79-67-66-73)68-78-71(74)64-62-60-58-56-54-52-50-48-46-44-42-40-38-36-34-32-30-28-26-24-22-20-18-16-14-12-10-8-6-4-2/h5,7,11,13,17,19,23,25,29,31,35,37,41,43,47,49,70H,3-4,6,8-10,12,14-16,18,20-22,24,26-28,30,32-34,36,38-40,42,44-46,48,50-69,73H2,1-2H3,(H,76,77)/b7-5-,13-11-,19-17-,25-23-,31-29-,37-35-,43-41-,49-47-. The van der Waals surface area contributed by atoms with Crippen molar-refractivity contribution in [3.63, 3.8) is 0 Å². The summed E-state index contributed by atoms with van der Waals surface area (Å²) < 4.78 is 33.1. The predicted molar refractivity (Wildman–Crippen MR) is 353 cm³/mol. The summed E-state index contributed by atoms with van der Waals surface area (Å²) in [6, 6.07) is 0. The second-order valence-electron chi connectivity index (χ2n) is 22.7. The third kappa shape index (κ3) is 66.1. The van der Waals surface area contributed by atoms with Crippen LogP contribution in [0.4, 0.5) is 0 Å². The molecule has 0 aromatic rings. The summed E-state index contributed by atoms with van der Waals surface area (Å²) >= 11 is 0. The number of esters is 2. The summed E-state index contributed by atoms with van der Waals surface area (Å²) in [6.45, 7) is 3.65. The van der Waals surface area contributed by atoms with Crippen molar-refractivity contribution in [2.45, 2.75) is 322 Å². The molecular formula is C72H128NO8P. The van der Waals surface area contributed by atoms with Crippen LogP contribution in [0.3, 0.4) is 0 Å². The van der Waals surface area contributed by atoms with Crippen LogP contribution in [0.5, 0.6) is 0 Å². The molecule has 0 spiro atoms. The summed E-state index contributed by atoms with van der Waals surface area (Å²) in [6.07, 6.45) is 90.7. The molecule has 0 saturated carbocycles. The van der Waals surface area contributed by atoms with E-state index in [2.05, 4.69) is 111 Å². The molecule has 0 aromatic heterocycles. The van der Waals surface area contributed by atoms with Gasteiger partial charge < -0.3 is 20.1 Å². The van der Waals surface area contributed by atoms with Gasteiger partial charge in [-0.15, -0.1) is 0 Å². The molecule has 0 radical (unpaired) electrons. The van der Waals surface area contributed by atoms with E-state index in [1.807, 2.05) is 0 Å². The lowest BCUT2D eigenvalue weighted by Gasteiger charge is -2.19. The molecule has 9 nitrogen and oxygen atoms in total. The molecule has 3 N–H and O–H groups in total. The Morgan fingerprint density at radius 1 is 0.378 bits per heavy atom. The molecule has 0 aliphatic carbocycles. The van der Waals surface area contributed by atoms with Crippen LogP contribution in [0.15, 0.2) is 97.2 Å². The van der Waals surface area contributed by atoms with Crippen molar-refractivity contribution in [2.24, 2.45) is 5.73 Å². The molecule has 2 unspecified atom stereocenters. The first kappa shape index (κ1) is 78.9. The minimum atomic E-state index is -4.40. The molecule has 0 aliphatic heterocycles. The highest BCUT2D eigenvalue weighted by molar-refractivity contribution is 7.47. The third-order valence-electron chi connectivity index (χ3n) is 14.7. The van der Waals surface area contributed by atoms with Gasteiger partial charge in [-0.2, -0.15) is 0 Å². The number of hydrogen-bond acceptors (Lipinski definition) is 8. The fraction of sp³-hybridized carbons (Fsp3) is 0.750. The molecule has 0 aromatic carbocycles. The molecular weight excluding hydrogens is 1040 g/mol. The van der Waals surface area contributed by atoms with Crippen LogP contribution < -0.4 is 5.73 Å². The average molecular weight is 1170 g/mol. The number of unbranched alkanes of at least 4 members (excludes halogenated alkanes) is 35. The zero-order valence-corrected chi connectivity index (χ0v) is 54.1. The van der Waals surface area contributed by atoms with Crippen LogP contribution in [0.25, 0.3) is 0 Å². The van der Waals surface area contributed by atoms with E-state index in [-0.39, 0.29) is 38.6 Å². The number of nitrogens with two attached hydrogens (primary N) is 1. The number of ether oxygens (including phenoxy) is 2. The zero-order chi connectivity index (χ0) is 59.4. The maximum Gasteiger partial charge on any atom is 0.472 e. The summed E-state index contributed by atoms with van der Waals surface area (Å²) in [4.78, 5) is 35.3. The molecule has 10 heteroatoms. The summed E-state index contributed by atoms with van der Waals surface area (Å²) in [5.74, 6) is -0.837. The van der Waals surface area contributed by atoms with Gasteiger partial charge in [0.25, 0.3) is 0 Å². The summed E-state index contributed by atoms with van der Waals surface area (Å²) in [5, 5.41) is 0. The number of phosphoric acid groups is 1. The van der Waals surface area contributed by atoms with Crippen molar-refractivity contribution in [2.75, 3.05) is 26.4 Å². The van der Waals surface area contributed by atoms with Crippen molar-refractivity contribution in [1.29, 1.82) is 0 Å². The van der Waals surface area contributed by atoms with Crippen molar-refractivity contribution in [1.82, 2.24) is 0 Å². The Labute approximate surface area is 506 Å². The van der Waals surface area contributed by atoms with Crippen LogP contribution in [-0.2, 0) is 32.7 Å². The lowest BCUT2D eigenvalue weighted by Crippen LogP contribution is -2.29. The maximum atomic E-state index is 12.8. The number of rotatable bonds is 64. The van der Waals surface area contributed by atoms with Crippen LogP contribution in [0.1, 0.15) is 316 Å². The normalized spacial score (nSPS) is 13.6. The first-order valence-corrected chi connectivity index (χ1v) is 35.7. The highest BCUT2D eigenvalue weighted by Gasteiger charge is 2.26. The van der Waals surface area contributed by atoms with Gasteiger partial charge in [0.2, 0.25) is 0 Å². The van der Waals surface area contributed by atoms with Crippen LogP contribution in [0, 0.1) is 0 Å². The van der Waals surface area contributed by atoms with Crippen molar-refractivity contribution >= 4 is 19.8 Å². The first-order valence-electron chi connectivity index (χ1n) is 34.2. The van der Waals surface area contributed by atoms with E-state index in [0.717, 1.165) is 109 Å². The van der Waals surface area contributed by atoms with Crippen molar-refractivity contribution in [3.05, 3.63) is 97.2 Å². The Bertz CT molecular complexity index is 1660. The topological polar surface area (TPSA) is 134 Å². The van der Waals surface area contributed by atoms with Gasteiger partial charge >= 0.3 is 19.8 Å². The molecule has 0 heterocycles. The monoisotopic (exact) mass is 1170 g/mol. The smallest absolute Gasteiger partial charge is 0.462 e. The second kappa shape index (κ2) is 67.1.